The first-order valence-electron chi connectivity index (χ1n) is 9.61. The van der Waals surface area contributed by atoms with E-state index in [9.17, 15) is 13.2 Å². The number of ether oxygens (including phenoxy) is 2. The fourth-order valence-corrected chi connectivity index (χ4v) is 5.33. The zero-order chi connectivity index (χ0) is 22.4. The largest absolute Gasteiger partial charge is 0.493 e. The third-order valence-electron chi connectivity index (χ3n) is 5.74. The number of aliphatic imine (C=N–C) groups is 1. The second-order valence-corrected chi connectivity index (χ2v) is 10.5. The molecule has 0 bridgehead atoms. The van der Waals surface area contributed by atoms with Gasteiger partial charge in [-0.2, -0.15) is 0 Å². The summed E-state index contributed by atoms with van der Waals surface area (Å²) < 4.78 is 35.4. The predicted molar refractivity (Wildman–Crippen MR) is 114 cm³/mol. The summed E-state index contributed by atoms with van der Waals surface area (Å²) in [6.07, 6.45) is 3.01. The van der Waals surface area contributed by atoms with Crippen LogP contribution < -0.4 is 20.5 Å². The molecule has 2 aromatic rings. The predicted octanol–water partition coefficient (Wildman–Crippen LogP) is 1.28. The summed E-state index contributed by atoms with van der Waals surface area (Å²) in [5.74, 6) is 0.211. The molecule has 10 nitrogen and oxygen atoms in total. The van der Waals surface area contributed by atoms with E-state index >= 15 is 0 Å². The van der Waals surface area contributed by atoms with E-state index in [0.29, 0.717) is 35.9 Å². The van der Waals surface area contributed by atoms with Gasteiger partial charge in [-0.15, -0.1) is 0 Å². The SMILES string of the molecule is COc1cnc(C(=O)Nc2ccc3c(c2)C2(CCO3)CS(=O)(=O)C(C)(C)C(N)=N2)cn1. The summed E-state index contributed by atoms with van der Waals surface area (Å²) in [6.45, 7) is 3.43. The number of anilines is 1. The Kier molecular flexibility index (Phi) is 4.88. The van der Waals surface area contributed by atoms with Gasteiger partial charge in [-0.25, -0.2) is 18.4 Å². The molecular weight excluding hydrogens is 422 g/mol. The monoisotopic (exact) mass is 445 g/mol. The normalized spacial score (nSPS) is 23.3. The number of carbonyl (C=O) groups is 1. The molecule has 3 heterocycles. The smallest absolute Gasteiger partial charge is 0.275 e. The van der Waals surface area contributed by atoms with Crippen molar-refractivity contribution in [1.29, 1.82) is 0 Å². The zero-order valence-corrected chi connectivity index (χ0v) is 18.2. The van der Waals surface area contributed by atoms with Crippen molar-refractivity contribution in [2.24, 2.45) is 10.7 Å². The van der Waals surface area contributed by atoms with Gasteiger partial charge >= 0.3 is 0 Å². The van der Waals surface area contributed by atoms with Crippen molar-refractivity contribution in [3.63, 3.8) is 0 Å². The third-order valence-corrected chi connectivity index (χ3v) is 8.36. The Morgan fingerprint density at radius 3 is 2.68 bits per heavy atom. The fourth-order valence-electron chi connectivity index (χ4n) is 3.61. The number of rotatable bonds is 3. The number of nitrogens with zero attached hydrogens (tertiary/aromatic N) is 3. The molecule has 3 N–H and O–H groups in total. The second-order valence-electron chi connectivity index (χ2n) is 8.01. The molecule has 0 radical (unpaired) electrons. The van der Waals surface area contributed by atoms with E-state index in [1.807, 2.05) is 0 Å². The number of aromatic nitrogens is 2. The molecule has 1 atom stereocenters. The highest BCUT2D eigenvalue weighted by molar-refractivity contribution is 7.93. The van der Waals surface area contributed by atoms with Crippen LogP contribution in [0, 0.1) is 0 Å². The summed E-state index contributed by atoms with van der Waals surface area (Å²) in [4.78, 5) is 25.2. The maximum Gasteiger partial charge on any atom is 0.275 e. The average molecular weight is 446 g/mol. The lowest BCUT2D eigenvalue weighted by atomic mass is 9.85. The van der Waals surface area contributed by atoms with Gasteiger partial charge in [0.05, 0.1) is 31.9 Å². The van der Waals surface area contributed by atoms with Crippen molar-refractivity contribution < 1.29 is 22.7 Å². The molecule has 0 saturated carbocycles. The quantitative estimate of drug-likeness (QED) is 0.718. The number of nitrogens with one attached hydrogen (secondary N) is 1. The Morgan fingerprint density at radius 2 is 2.03 bits per heavy atom. The minimum Gasteiger partial charge on any atom is -0.493 e. The molecule has 0 fully saturated rings. The van der Waals surface area contributed by atoms with Crippen molar-refractivity contribution in [3.8, 4) is 11.6 Å². The Balaban J connectivity index is 1.70. The van der Waals surface area contributed by atoms with E-state index in [2.05, 4.69) is 20.3 Å². The molecule has 1 aromatic heterocycles. The maximum atomic E-state index is 13.0. The number of fused-ring (bicyclic) bond motifs is 2. The van der Waals surface area contributed by atoms with Gasteiger partial charge in [0.2, 0.25) is 5.88 Å². The lowest BCUT2D eigenvalue weighted by Gasteiger charge is -2.42. The van der Waals surface area contributed by atoms with Crippen molar-refractivity contribution in [3.05, 3.63) is 41.9 Å². The molecule has 2 aliphatic heterocycles. The molecule has 0 aliphatic carbocycles. The van der Waals surface area contributed by atoms with Crippen LogP contribution >= 0.6 is 0 Å². The van der Waals surface area contributed by atoms with E-state index in [0.717, 1.165) is 0 Å². The molecule has 0 saturated heterocycles. The first kappa shape index (κ1) is 21.0. The standard InChI is InChI=1S/C20H23N5O5S/c1-19(2)18(21)25-20(11-31(19,27)28)6-7-30-15-5-4-12(8-13(15)20)24-17(26)14-9-23-16(29-3)10-22-14/h4-5,8-10H,6-7,11H2,1-3H3,(H2,21,25)(H,24,26). The average Bonchev–Trinajstić information content (AvgIpc) is 2.73. The number of sulfone groups is 1. The Hall–Kier alpha value is -3.21. The van der Waals surface area contributed by atoms with E-state index in [1.54, 1.807) is 32.0 Å². The van der Waals surface area contributed by atoms with Gasteiger partial charge in [0, 0.05) is 17.7 Å². The fraction of sp³-hybridized carbons (Fsp3) is 0.400. The molecule has 1 unspecified atom stereocenters. The third kappa shape index (κ3) is 3.48. The first-order chi connectivity index (χ1) is 14.6. The van der Waals surface area contributed by atoms with Gasteiger partial charge < -0.3 is 20.5 Å². The molecular formula is C20H23N5O5S. The Bertz CT molecular complexity index is 1180. The number of amidine groups is 1. The number of methoxy groups -OCH3 is 1. The van der Waals surface area contributed by atoms with Crippen molar-refractivity contribution >= 4 is 27.3 Å². The second kappa shape index (κ2) is 7.19. The Labute approximate surface area is 179 Å². The topological polar surface area (TPSA) is 146 Å². The van der Waals surface area contributed by atoms with Crippen molar-refractivity contribution in [2.75, 3.05) is 24.8 Å². The molecule has 4 rings (SSSR count). The number of carbonyl (C=O) groups excluding carboxylic acids is 1. The molecule has 31 heavy (non-hydrogen) atoms. The van der Waals surface area contributed by atoms with Crippen LogP contribution in [0.15, 0.2) is 35.6 Å². The van der Waals surface area contributed by atoms with E-state index in [1.165, 1.54) is 19.5 Å². The highest BCUT2D eigenvalue weighted by Crippen LogP contribution is 2.46. The van der Waals surface area contributed by atoms with E-state index in [-0.39, 0.29) is 17.3 Å². The van der Waals surface area contributed by atoms with Crippen LogP contribution in [0.4, 0.5) is 5.69 Å². The summed E-state index contributed by atoms with van der Waals surface area (Å²) in [6, 6.07) is 5.03. The number of hydrogen-bond acceptors (Lipinski definition) is 9. The number of hydrogen-bond donors (Lipinski definition) is 2. The molecule has 164 valence electrons. The molecule has 1 spiro atoms. The van der Waals surface area contributed by atoms with Crippen LogP contribution in [-0.4, -0.2) is 54.3 Å². The van der Waals surface area contributed by atoms with Crippen LogP contribution in [0.5, 0.6) is 11.6 Å². The lowest BCUT2D eigenvalue weighted by Crippen LogP contribution is -2.56. The maximum absolute atomic E-state index is 13.0. The van der Waals surface area contributed by atoms with Crippen LogP contribution in [0.2, 0.25) is 0 Å². The first-order valence-corrected chi connectivity index (χ1v) is 11.3. The van der Waals surface area contributed by atoms with Crippen LogP contribution in [0.1, 0.15) is 36.3 Å². The van der Waals surface area contributed by atoms with E-state index in [4.69, 9.17) is 15.2 Å². The Morgan fingerprint density at radius 1 is 1.26 bits per heavy atom. The summed E-state index contributed by atoms with van der Waals surface area (Å²) in [5, 5.41) is 2.75. The number of benzene rings is 1. The minimum absolute atomic E-state index is 0.0644. The highest BCUT2D eigenvalue weighted by atomic mass is 32.2. The molecule has 11 heteroatoms. The summed E-state index contributed by atoms with van der Waals surface area (Å²) in [5.41, 5.74) is 6.16. The highest BCUT2D eigenvalue weighted by Gasteiger charge is 2.52. The van der Waals surface area contributed by atoms with Gasteiger partial charge in [-0.1, -0.05) is 0 Å². The lowest BCUT2D eigenvalue weighted by molar-refractivity contribution is 0.102. The van der Waals surface area contributed by atoms with Gasteiger partial charge in [0.1, 0.15) is 27.6 Å². The summed E-state index contributed by atoms with van der Waals surface area (Å²) in [7, 11) is -2.12. The van der Waals surface area contributed by atoms with Gasteiger partial charge in [-0.05, 0) is 32.0 Å². The summed E-state index contributed by atoms with van der Waals surface area (Å²) >= 11 is 0. The van der Waals surface area contributed by atoms with E-state index < -0.39 is 26.0 Å². The van der Waals surface area contributed by atoms with Crippen LogP contribution in [0.3, 0.4) is 0 Å². The number of amides is 1. The molecule has 1 aromatic carbocycles. The van der Waals surface area contributed by atoms with Gasteiger partial charge in [0.15, 0.2) is 9.84 Å². The van der Waals surface area contributed by atoms with Crippen molar-refractivity contribution in [1.82, 2.24) is 9.97 Å². The van der Waals surface area contributed by atoms with Crippen LogP contribution in [-0.2, 0) is 15.4 Å². The van der Waals surface area contributed by atoms with Gasteiger partial charge in [-0.3, -0.25) is 9.79 Å². The minimum atomic E-state index is -3.58. The van der Waals surface area contributed by atoms with Crippen LogP contribution in [0.25, 0.3) is 0 Å². The molecule has 1 amide bonds. The molecule has 2 aliphatic rings. The van der Waals surface area contributed by atoms with Crippen molar-refractivity contribution in [2.45, 2.75) is 30.6 Å². The van der Waals surface area contributed by atoms with Gasteiger partial charge in [0.25, 0.3) is 5.91 Å². The number of nitrogens with two attached hydrogens (primary N) is 1. The zero-order valence-electron chi connectivity index (χ0n) is 17.4.